The number of likely N-dealkylation sites (N-methyl/N-ethyl adjacent to an activating group) is 1. The van der Waals surface area contributed by atoms with Crippen molar-refractivity contribution >= 4 is 11.8 Å². The van der Waals surface area contributed by atoms with E-state index in [0.717, 1.165) is 16.7 Å². The van der Waals surface area contributed by atoms with Gasteiger partial charge >= 0.3 is 0 Å². The monoisotopic (exact) mass is 426 g/mol. The number of hydroxylamine groups is 1. The van der Waals surface area contributed by atoms with E-state index < -0.39 is 11.9 Å². The average molecular weight is 427 g/mol. The number of carbonyl (C=O) groups excluding carboxylic acids is 2. The molecule has 2 rings (SSSR count). The Kier molecular flexibility index (Phi) is 9.01. The molecule has 9 heteroatoms. The van der Waals surface area contributed by atoms with Crippen LogP contribution in [0.3, 0.4) is 0 Å². The standard InChI is InChI=1S/C22H30N6O3/c1-25-13-19(23)14-28(24)20(12-21(29)27-31)10-15-6-8-16(9-7-15)17-4-3-5-18(11-17)22(30)26-2/h3-9,11,14,20,25,31H,10,12-13,23-24H2,1-2H3,(H,26,30)(H,27,29)/b19-14-. The van der Waals surface area contributed by atoms with E-state index in [-0.39, 0.29) is 12.3 Å². The first-order valence-electron chi connectivity index (χ1n) is 9.86. The van der Waals surface area contributed by atoms with Gasteiger partial charge in [0.2, 0.25) is 5.91 Å². The van der Waals surface area contributed by atoms with Crippen LogP contribution >= 0.6 is 0 Å². The maximum Gasteiger partial charge on any atom is 0.251 e. The zero-order chi connectivity index (χ0) is 22.8. The van der Waals surface area contributed by atoms with Crippen LogP contribution < -0.4 is 27.7 Å². The van der Waals surface area contributed by atoms with E-state index in [9.17, 15) is 9.59 Å². The Bertz CT molecular complexity index is 914. The molecule has 166 valence electrons. The summed E-state index contributed by atoms with van der Waals surface area (Å²) < 4.78 is 0. The second-order valence-corrected chi connectivity index (χ2v) is 7.14. The predicted octanol–water partition coefficient (Wildman–Crippen LogP) is 0.715. The second-order valence-electron chi connectivity index (χ2n) is 7.14. The van der Waals surface area contributed by atoms with Crippen molar-refractivity contribution in [3.8, 4) is 11.1 Å². The first-order valence-corrected chi connectivity index (χ1v) is 9.86. The SMILES string of the molecule is CNC/C(N)=C/N(N)C(CC(=O)NO)Cc1ccc(-c2cccc(C(=O)NC)c2)cc1. The molecule has 0 saturated heterocycles. The van der Waals surface area contributed by atoms with Crippen molar-refractivity contribution in [1.29, 1.82) is 0 Å². The molecule has 2 aromatic carbocycles. The number of hydrogen-bond acceptors (Lipinski definition) is 7. The highest BCUT2D eigenvalue weighted by Gasteiger charge is 2.18. The Morgan fingerprint density at radius 2 is 1.84 bits per heavy atom. The van der Waals surface area contributed by atoms with E-state index in [1.54, 1.807) is 31.8 Å². The summed E-state index contributed by atoms with van der Waals surface area (Å²) in [4.78, 5) is 23.6. The van der Waals surface area contributed by atoms with Gasteiger partial charge in [-0.25, -0.2) is 11.3 Å². The number of hydrogen-bond donors (Lipinski definition) is 6. The quantitative estimate of drug-likeness (QED) is 0.186. The summed E-state index contributed by atoms with van der Waals surface area (Å²) >= 11 is 0. The molecule has 0 heterocycles. The molecule has 0 aliphatic carbocycles. The Hall–Kier alpha value is -3.40. The van der Waals surface area contributed by atoms with Gasteiger partial charge in [0, 0.05) is 31.1 Å². The molecule has 0 spiro atoms. The van der Waals surface area contributed by atoms with Crippen molar-refractivity contribution in [2.24, 2.45) is 11.6 Å². The molecule has 2 aromatic rings. The second kappa shape index (κ2) is 11.7. The van der Waals surface area contributed by atoms with Crippen molar-refractivity contribution in [1.82, 2.24) is 21.1 Å². The molecule has 0 saturated carbocycles. The van der Waals surface area contributed by atoms with Gasteiger partial charge in [-0.15, -0.1) is 0 Å². The van der Waals surface area contributed by atoms with Crippen LogP contribution in [0.1, 0.15) is 22.3 Å². The van der Waals surface area contributed by atoms with Gasteiger partial charge in [-0.05, 0) is 42.3 Å². The predicted molar refractivity (Wildman–Crippen MR) is 120 cm³/mol. The molecular formula is C22H30N6O3. The number of nitrogens with one attached hydrogen (secondary N) is 3. The minimum atomic E-state index is -0.538. The third kappa shape index (κ3) is 7.10. The number of hydrazine groups is 1. The lowest BCUT2D eigenvalue weighted by atomic mass is 9.98. The van der Waals surface area contributed by atoms with Gasteiger partial charge in [0.25, 0.3) is 5.91 Å². The molecule has 1 atom stereocenters. The fourth-order valence-corrected chi connectivity index (χ4v) is 3.18. The lowest BCUT2D eigenvalue weighted by molar-refractivity contribution is -0.130. The molecule has 0 fully saturated rings. The van der Waals surface area contributed by atoms with Gasteiger partial charge < -0.3 is 21.4 Å². The van der Waals surface area contributed by atoms with E-state index in [4.69, 9.17) is 16.8 Å². The Morgan fingerprint density at radius 3 is 2.45 bits per heavy atom. The molecule has 9 nitrogen and oxygen atoms in total. The van der Waals surface area contributed by atoms with Crippen molar-refractivity contribution in [3.05, 3.63) is 71.6 Å². The van der Waals surface area contributed by atoms with Crippen LogP contribution in [-0.2, 0) is 11.2 Å². The minimum Gasteiger partial charge on any atom is -0.400 e. The van der Waals surface area contributed by atoms with Gasteiger partial charge in [-0.1, -0.05) is 36.4 Å². The van der Waals surface area contributed by atoms with Gasteiger partial charge in [-0.2, -0.15) is 0 Å². The van der Waals surface area contributed by atoms with Gasteiger partial charge in [-0.3, -0.25) is 14.8 Å². The third-order valence-corrected chi connectivity index (χ3v) is 4.77. The molecule has 0 aliphatic rings. The van der Waals surface area contributed by atoms with Crippen LogP contribution in [-0.4, -0.2) is 48.7 Å². The van der Waals surface area contributed by atoms with Crippen molar-refractivity contribution in [2.45, 2.75) is 18.9 Å². The summed E-state index contributed by atoms with van der Waals surface area (Å²) in [6, 6.07) is 14.8. The van der Waals surface area contributed by atoms with Crippen LogP contribution in [0.15, 0.2) is 60.4 Å². The van der Waals surface area contributed by atoms with Crippen LogP contribution in [0.5, 0.6) is 0 Å². The van der Waals surface area contributed by atoms with E-state index in [2.05, 4.69) is 10.6 Å². The summed E-state index contributed by atoms with van der Waals surface area (Å²) in [5.41, 5.74) is 11.5. The van der Waals surface area contributed by atoms with Crippen LogP contribution in [0.2, 0.25) is 0 Å². The highest BCUT2D eigenvalue weighted by molar-refractivity contribution is 5.95. The number of nitrogens with two attached hydrogens (primary N) is 2. The first kappa shape index (κ1) is 23.9. The smallest absolute Gasteiger partial charge is 0.251 e. The van der Waals surface area contributed by atoms with E-state index >= 15 is 0 Å². The van der Waals surface area contributed by atoms with E-state index in [1.165, 1.54) is 5.01 Å². The summed E-state index contributed by atoms with van der Waals surface area (Å²) in [6.07, 6.45) is 2.03. The Balaban J connectivity index is 2.19. The zero-order valence-corrected chi connectivity index (χ0v) is 17.8. The van der Waals surface area contributed by atoms with Crippen LogP contribution in [0.4, 0.5) is 0 Å². The molecular weight excluding hydrogens is 396 g/mol. The Labute approximate surface area is 182 Å². The minimum absolute atomic E-state index is 0.00768. The lowest BCUT2D eigenvalue weighted by Crippen LogP contribution is -2.42. The maximum atomic E-state index is 11.9. The highest BCUT2D eigenvalue weighted by Crippen LogP contribution is 2.22. The molecule has 2 amide bonds. The summed E-state index contributed by atoms with van der Waals surface area (Å²) in [7, 11) is 3.36. The highest BCUT2D eigenvalue weighted by atomic mass is 16.5. The van der Waals surface area contributed by atoms with Crippen molar-refractivity contribution in [3.63, 3.8) is 0 Å². The topological polar surface area (TPSA) is 146 Å². The molecule has 0 bridgehead atoms. The van der Waals surface area contributed by atoms with Crippen molar-refractivity contribution in [2.75, 3.05) is 20.6 Å². The molecule has 0 aromatic heterocycles. The largest absolute Gasteiger partial charge is 0.400 e. The van der Waals surface area contributed by atoms with E-state index in [0.29, 0.717) is 24.2 Å². The molecule has 8 N–H and O–H groups in total. The first-order chi connectivity index (χ1) is 14.9. The molecule has 0 aliphatic heterocycles. The summed E-state index contributed by atoms with van der Waals surface area (Å²) in [5.74, 6) is 5.45. The fraction of sp³-hybridized carbons (Fsp3) is 0.273. The number of benzene rings is 2. The van der Waals surface area contributed by atoms with Gasteiger partial charge in [0.15, 0.2) is 0 Å². The Morgan fingerprint density at radius 1 is 1.13 bits per heavy atom. The van der Waals surface area contributed by atoms with Gasteiger partial charge in [0.1, 0.15) is 0 Å². The molecule has 31 heavy (non-hydrogen) atoms. The number of amides is 2. The summed E-state index contributed by atoms with van der Waals surface area (Å²) in [6.45, 7) is 0.455. The van der Waals surface area contributed by atoms with Crippen LogP contribution in [0.25, 0.3) is 11.1 Å². The number of nitrogens with zero attached hydrogens (tertiary/aromatic N) is 1. The number of rotatable bonds is 10. The van der Waals surface area contributed by atoms with E-state index in [1.807, 2.05) is 42.5 Å². The third-order valence-electron chi connectivity index (χ3n) is 4.77. The van der Waals surface area contributed by atoms with Crippen LogP contribution in [0, 0.1) is 0 Å². The molecule has 0 radical (unpaired) electrons. The maximum absolute atomic E-state index is 11.9. The summed E-state index contributed by atoms with van der Waals surface area (Å²) in [5, 5.41) is 15.8. The number of carbonyl (C=O) groups is 2. The lowest BCUT2D eigenvalue weighted by Gasteiger charge is -2.26. The average Bonchev–Trinajstić information content (AvgIpc) is 2.78. The van der Waals surface area contributed by atoms with Crippen molar-refractivity contribution < 1.29 is 14.8 Å². The zero-order valence-electron chi connectivity index (χ0n) is 17.8. The fourth-order valence-electron chi connectivity index (χ4n) is 3.18. The normalized spacial score (nSPS) is 12.2. The van der Waals surface area contributed by atoms with Gasteiger partial charge in [0.05, 0.1) is 12.5 Å². The molecule has 1 unspecified atom stereocenters.